The molecule has 3 heteroatoms. The average Bonchev–Trinajstić information content (AvgIpc) is 3.10. The lowest BCUT2D eigenvalue weighted by Crippen LogP contribution is -2.17. The molecule has 1 aromatic carbocycles. The standard InChI is InChI=1S/C15H19FN2/c16-14-4-3-5-15-13(14)8-11-18(15)10-2-1-9-17-12-6-7-12/h3-5,8,11-12,17H,1-2,6-7,9-10H2. The van der Waals surface area contributed by atoms with Gasteiger partial charge in [0.05, 0.1) is 5.52 Å². The summed E-state index contributed by atoms with van der Waals surface area (Å²) in [6, 6.07) is 7.95. The van der Waals surface area contributed by atoms with Crippen LogP contribution in [0.25, 0.3) is 10.9 Å². The van der Waals surface area contributed by atoms with Crippen LogP contribution >= 0.6 is 0 Å². The van der Waals surface area contributed by atoms with E-state index in [2.05, 4.69) is 9.88 Å². The quantitative estimate of drug-likeness (QED) is 0.774. The van der Waals surface area contributed by atoms with Crippen molar-refractivity contribution in [2.75, 3.05) is 6.54 Å². The minimum atomic E-state index is -0.123. The normalized spacial score (nSPS) is 15.4. The average molecular weight is 246 g/mol. The first kappa shape index (κ1) is 11.7. The molecular weight excluding hydrogens is 227 g/mol. The van der Waals surface area contributed by atoms with Gasteiger partial charge in [0, 0.05) is 24.2 Å². The molecule has 0 spiro atoms. The molecule has 1 saturated carbocycles. The fourth-order valence-corrected chi connectivity index (χ4v) is 2.38. The summed E-state index contributed by atoms with van der Waals surface area (Å²) in [5.41, 5.74) is 1.00. The Bertz CT molecular complexity index is 528. The highest BCUT2D eigenvalue weighted by atomic mass is 19.1. The van der Waals surface area contributed by atoms with Crippen molar-refractivity contribution in [3.05, 3.63) is 36.3 Å². The van der Waals surface area contributed by atoms with Gasteiger partial charge in [0.25, 0.3) is 0 Å². The van der Waals surface area contributed by atoms with Crippen LogP contribution in [0.4, 0.5) is 4.39 Å². The Kier molecular flexibility index (Phi) is 3.33. The summed E-state index contributed by atoms with van der Waals surface area (Å²) in [7, 11) is 0. The maximum Gasteiger partial charge on any atom is 0.132 e. The zero-order chi connectivity index (χ0) is 12.4. The molecule has 1 aromatic heterocycles. The van der Waals surface area contributed by atoms with Gasteiger partial charge in [-0.2, -0.15) is 0 Å². The number of hydrogen-bond acceptors (Lipinski definition) is 1. The molecule has 0 bridgehead atoms. The predicted molar refractivity (Wildman–Crippen MR) is 72.2 cm³/mol. The summed E-state index contributed by atoms with van der Waals surface area (Å²) < 4.78 is 15.7. The highest BCUT2D eigenvalue weighted by Crippen LogP contribution is 2.20. The van der Waals surface area contributed by atoms with Crippen LogP contribution in [-0.2, 0) is 6.54 Å². The number of rotatable bonds is 6. The van der Waals surface area contributed by atoms with Crippen molar-refractivity contribution >= 4 is 10.9 Å². The van der Waals surface area contributed by atoms with E-state index in [-0.39, 0.29) is 5.82 Å². The summed E-state index contributed by atoms with van der Waals surface area (Å²) in [4.78, 5) is 0. The minimum absolute atomic E-state index is 0.123. The molecule has 1 aliphatic rings. The van der Waals surface area contributed by atoms with Crippen LogP contribution in [-0.4, -0.2) is 17.2 Å². The van der Waals surface area contributed by atoms with E-state index in [4.69, 9.17) is 0 Å². The Morgan fingerprint density at radius 1 is 1.22 bits per heavy atom. The summed E-state index contributed by atoms with van der Waals surface area (Å²) in [5, 5.41) is 4.24. The molecule has 1 heterocycles. The Morgan fingerprint density at radius 3 is 2.94 bits per heavy atom. The molecule has 1 aliphatic carbocycles. The molecule has 2 aromatic rings. The van der Waals surface area contributed by atoms with Crippen LogP contribution < -0.4 is 5.32 Å². The summed E-state index contributed by atoms with van der Waals surface area (Å²) in [5.74, 6) is -0.123. The van der Waals surface area contributed by atoms with Crippen LogP contribution in [0.15, 0.2) is 30.5 Å². The van der Waals surface area contributed by atoms with E-state index >= 15 is 0 Å². The molecule has 2 nitrogen and oxygen atoms in total. The van der Waals surface area contributed by atoms with Gasteiger partial charge in [-0.05, 0) is 50.4 Å². The zero-order valence-corrected chi connectivity index (χ0v) is 10.5. The van der Waals surface area contributed by atoms with Crippen molar-refractivity contribution in [1.29, 1.82) is 0 Å². The smallest absolute Gasteiger partial charge is 0.132 e. The van der Waals surface area contributed by atoms with E-state index in [1.165, 1.54) is 25.3 Å². The van der Waals surface area contributed by atoms with Gasteiger partial charge in [-0.1, -0.05) is 6.07 Å². The minimum Gasteiger partial charge on any atom is -0.347 e. The molecule has 3 rings (SSSR count). The second-order valence-electron chi connectivity index (χ2n) is 5.12. The summed E-state index contributed by atoms with van der Waals surface area (Å²) in [6.07, 6.45) is 7.01. The van der Waals surface area contributed by atoms with E-state index in [1.807, 2.05) is 18.3 Å². The molecule has 0 radical (unpaired) electrons. The second kappa shape index (κ2) is 5.11. The van der Waals surface area contributed by atoms with Crippen LogP contribution in [0.3, 0.4) is 0 Å². The summed E-state index contributed by atoms with van der Waals surface area (Å²) in [6.45, 7) is 2.08. The Labute approximate surface area is 107 Å². The number of hydrogen-bond donors (Lipinski definition) is 1. The summed E-state index contributed by atoms with van der Waals surface area (Å²) >= 11 is 0. The van der Waals surface area contributed by atoms with Crippen molar-refractivity contribution in [3.8, 4) is 0 Å². The zero-order valence-electron chi connectivity index (χ0n) is 10.5. The van der Waals surface area contributed by atoms with Gasteiger partial charge in [-0.15, -0.1) is 0 Å². The molecule has 0 atom stereocenters. The van der Waals surface area contributed by atoms with Gasteiger partial charge in [0.1, 0.15) is 5.82 Å². The van der Waals surface area contributed by atoms with Gasteiger partial charge >= 0.3 is 0 Å². The first-order valence-electron chi connectivity index (χ1n) is 6.81. The number of halogens is 1. The first-order valence-corrected chi connectivity index (χ1v) is 6.81. The van der Waals surface area contributed by atoms with Gasteiger partial charge < -0.3 is 9.88 Å². The van der Waals surface area contributed by atoms with Gasteiger partial charge in [0.2, 0.25) is 0 Å². The van der Waals surface area contributed by atoms with E-state index in [0.717, 1.165) is 36.5 Å². The maximum atomic E-state index is 13.5. The van der Waals surface area contributed by atoms with E-state index in [1.54, 1.807) is 6.07 Å². The lowest BCUT2D eigenvalue weighted by molar-refractivity contribution is 0.574. The fraction of sp³-hybridized carbons (Fsp3) is 0.467. The number of nitrogens with zero attached hydrogens (tertiary/aromatic N) is 1. The number of aromatic nitrogens is 1. The number of nitrogens with one attached hydrogen (secondary N) is 1. The Morgan fingerprint density at radius 2 is 2.11 bits per heavy atom. The molecule has 1 fully saturated rings. The van der Waals surface area contributed by atoms with E-state index in [9.17, 15) is 4.39 Å². The molecule has 18 heavy (non-hydrogen) atoms. The van der Waals surface area contributed by atoms with Gasteiger partial charge in [-0.3, -0.25) is 0 Å². The topological polar surface area (TPSA) is 17.0 Å². The van der Waals surface area contributed by atoms with Crippen molar-refractivity contribution in [2.24, 2.45) is 0 Å². The van der Waals surface area contributed by atoms with Crippen molar-refractivity contribution in [3.63, 3.8) is 0 Å². The molecule has 1 N–H and O–H groups in total. The molecule has 0 saturated heterocycles. The van der Waals surface area contributed by atoms with E-state index < -0.39 is 0 Å². The molecule has 0 amide bonds. The monoisotopic (exact) mass is 246 g/mol. The molecule has 96 valence electrons. The van der Waals surface area contributed by atoms with Crippen LogP contribution in [0.2, 0.25) is 0 Å². The fourth-order valence-electron chi connectivity index (χ4n) is 2.38. The number of fused-ring (bicyclic) bond motifs is 1. The van der Waals surface area contributed by atoms with Crippen molar-refractivity contribution in [1.82, 2.24) is 9.88 Å². The third-order valence-corrected chi connectivity index (χ3v) is 3.60. The van der Waals surface area contributed by atoms with Crippen molar-refractivity contribution < 1.29 is 4.39 Å². The highest BCUT2D eigenvalue weighted by molar-refractivity contribution is 5.80. The predicted octanol–water partition coefficient (Wildman–Crippen LogP) is 3.31. The Hall–Kier alpha value is -1.35. The Balaban J connectivity index is 1.55. The number of unbranched alkanes of at least 4 members (excludes halogenated alkanes) is 1. The maximum absolute atomic E-state index is 13.5. The highest BCUT2D eigenvalue weighted by Gasteiger charge is 2.19. The molecule has 0 unspecified atom stereocenters. The second-order valence-corrected chi connectivity index (χ2v) is 5.12. The first-order chi connectivity index (χ1) is 8.84. The molecule has 0 aliphatic heterocycles. The SMILES string of the molecule is Fc1cccc2c1ccn2CCCCNC1CC1. The van der Waals surface area contributed by atoms with Gasteiger partial charge in [0.15, 0.2) is 0 Å². The molecular formula is C15H19FN2. The number of benzene rings is 1. The largest absolute Gasteiger partial charge is 0.347 e. The van der Waals surface area contributed by atoms with Crippen LogP contribution in [0.1, 0.15) is 25.7 Å². The number of aryl methyl sites for hydroxylation is 1. The van der Waals surface area contributed by atoms with Gasteiger partial charge in [-0.25, -0.2) is 4.39 Å². The third-order valence-electron chi connectivity index (χ3n) is 3.60. The van der Waals surface area contributed by atoms with Crippen LogP contribution in [0, 0.1) is 5.82 Å². The van der Waals surface area contributed by atoms with Crippen molar-refractivity contribution in [2.45, 2.75) is 38.3 Å². The lowest BCUT2D eigenvalue weighted by atomic mass is 10.2. The lowest BCUT2D eigenvalue weighted by Gasteiger charge is -2.06. The van der Waals surface area contributed by atoms with E-state index in [0.29, 0.717) is 0 Å². The van der Waals surface area contributed by atoms with Crippen LogP contribution in [0.5, 0.6) is 0 Å². The third kappa shape index (κ3) is 2.56.